The third kappa shape index (κ3) is 5.44. The number of carbonyl (C=O) groups is 1. The van der Waals surface area contributed by atoms with Crippen LogP contribution in [0.4, 0.5) is 13.2 Å². The third-order valence-electron chi connectivity index (χ3n) is 2.73. The molecule has 0 bridgehead atoms. The lowest BCUT2D eigenvalue weighted by atomic mass is 9.77. The molecule has 0 unspecified atom stereocenters. The van der Waals surface area contributed by atoms with Gasteiger partial charge in [0.05, 0.1) is 12.3 Å². The summed E-state index contributed by atoms with van der Waals surface area (Å²) in [5.74, 6) is -0.286. The van der Waals surface area contributed by atoms with E-state index in [0.29, 0.717) is 12.8 Å². The molecule has 1 atom stereocenters. The molecule has 0 aliphatic rings. The first kappa shape index (κ1) is 15.7. The van der Waals surface area contributed by atoms with E-state index in [1.807, 2.05) is 0 Å². The number of hydrogen-bond donors (Lipinski definition) is 1. The van der Waals surface area contributed by atoms with Crippen LogP contribution in [0.3, 0.4) is 0 Å². The molecule has 0 aromatic heterocycles. The minimum atomic E-state index is -4.32. The van der Waals surface area contributed by atoms with Gasteiger partial charge in [0.25, 0.3) is 7.48 Å². The second kappa shape index (κ2) is 7.30. The van der Waals surface area contributed by atoms with Gasteiger partial charge in [0.2, 0.25) is 0 Å². The summed E-state index contributed by atoms with van der Waals surface area (Å²) in [6.45, 7) is 0.0462. The molecule has 0 amide bonds. The van der Waals surface area contributed by atoms with Crippen molar-refractivity contribution >= 4 is 13.8 Å². The van der Waals surface area contributed by atoms with Crippen LogP contribution in [-0.2, 0) is 22.0 Å². The number of aryl methyl sites for hydroxylation is 1. The van der Waals surface area contributed by atoms with Gasteiger partial charge >= 0.3 is 6.18 Å². The van der Waals surface area contributed by atoms with Gasteiger partial charge in [-0.05, 0) is 30.5 Å². The SMILES string of the molecule is NCOB[C@@H](C=O)CCc1ccc(C(F)(F)F)cc1. The van der Waals surface area contributed by atoms with E-state index in [1.165, 1.54) is 12.1 Å². The average Bonchev–Trinajstić information content (AvgIpc) is 2.38. The Morgan fingerprint density at radius 2 is 1.95 bits per heavy atom. The Kier molecular flexibility index (Phi) is 6.04. The van der Waals surface area contributed by atoms with Crippen LogP contribution in [0.2, 0.25) is 5.82 Å². The van der Waals surface area contributed by atoms with Crippen LogP contribution < -0.4 is 5.73 Å². The van der Waals surface area contributed by atoms with E-state index in [-0.39, 0.29) is 20.0 Å². The number of aldehydes is 1. The molecule has 0 radical (unpaired) electrons. The fourth-order valence-electron chi connectivity index (χ4n) is 1.62. The smallest absolute Gasteiger partial charge is 0.416 e. The van der Waals surface area contributed by atoms with E-state index in [9.17, 15) is 18.0 Å². The van der Waals surface area contributed by atoms with E-state index < -0.39 is 11.7 Å². The zero-order valence-corrected chi connectivity index (χ0v) is 10.3. The van der Waals surface area contributed by atoms with Gasteiger partial charge in [0, 0.05) is 5.82 Å². The molecule has 7 heteroatoms. The molecule has 0 spiro atoms. The van der Waals surface area contributed by atoms with Crippen molar-refractivity contribution in [3.63, 3.8) is 0 Å². The van der Waals surface area contributed by atoms with Gasteiger partial charge in [-0.15, -0.1) is 0 Å². The molecular formula is C12H15BF3NO2. The van der Waals surface area contributed by atoms with E-state index >= 15 is 0 Å². The van der Waals surface area contributed by atoms with Gasteiger partial charge in [-0.25, -0.2) is 0 Å². The molecule has 19 heavy (non-hydrogen) atoms. The molecular weight excluding hydrogens is 258 g/mol. The van der Waals surface area contributed by atoms with Crippen molar-refractivity contribution in [2.24, 2.45) is 5.73 Å². The van der Waals surface area contributed by atoms with Crippen LogP contribution in [-0.4, -0.2) is 20.5 Å². The van der Waals surface area contributed by atoms with Gasteiger partial charge < -0.3 is 15.2 Å². The Morgan fingerprint density at radius 1 is 1.32 bits per heavy atom. The highest BCUT2D eigenvalue weighted by molar-refractivity contribution is 6.35. The summed E-state index contributed by atoms with van der Waals surface area (Å²) in [6.07, 6.45) is -2.50. The monoisotopic (exact) mass is 273 g/mol. The Bertz CT molecular complexity index is 395. The first-order chi connectivity index (χ1) is 8.97. The summed E-state index contributed by atoms with van der Waals surface area (Å²) in [6, 6.07) is 4.94. The number of halogens is 3. The highest BCUT2D eigenvalue weighted by Crippen LogP contribution is 2.29. The lowest BCUT2D eigenvalue weighted by Crippen LogP contribution is -2.15. The maximum absolute atomic E-state index is 12.4. The van der Waals surface area contributed by atoms with Crippen molar-refractivity contribution in [2.75, 3.05) is 6.73 Å². The standard InChI is InChI=1S/C12H15BF3NO2/c14-12(15,16)10-4-1-9(2-5-10)3-6-11(7-18)13-19-8-17/h1-2,4-5,7,11,13H,3,6,8,17H2/t11-/m1/s1. The maximum atomic E-state index is 12.4. The van der Waals surface area contributed by atoms with Gasteiger partial charge in [-0.1, -0.05) is 12.1 Å². The van der Waals surface area contributed by atoms with Crippen LogP contribution in [0, 0.1) is 0 Å². The predicted molar refractivity (Wildman–Crippen MR) is 66.9 cm³/mol. The first-order valence-corrected chi connectivity index (χ1v) is 5.86. The molecule has 3 nitrogen and oxygen atoms in total. The van der Waals surface area contributed by atoms with E-state index in [2.05, 4.69) is 0 Å². The normalized spacial score (nSPS) is 13.1. The molecule has 1 aromatic rings. The molecule has 104 valence electrons. The largest absolute Gasteiger partial charge is 0.427 e. The number of rotatable bonds is 7. The molecule has 0 heterocycles. The highest BCUT2D eigenvalue weighted by Gasteiger charge is 2.29. The highest BCUT2D eigenvalue weighted by atomic mass is 19.4. The van der Waals surface area contributed by atoms with E-state index in [4.69, 9.17) is 10.4 Å². The number of nitrogens with two attached hydrogens (primary N) is 1. The minimum absolute atomic E-state index is 0.0462. The van der Waals surface area contributed by atoms with Crippen molar-refractivity contribution in [1.82, 2.24) is 0 Å². The van der Waals surface area contributed by atoms with Crippen molar-refractivity contribution in [3.8, 4) is 0 Å². The second-order valence-corrected chi connectivity index (χ2v) is 4.17. The van der Waals surface area contributed by atoms with Crippen molar-refractivity contribution in [1.29, 1.82) is 0 Å². The average molecular weight is 273 g/mol. The zero-order chi connectivity index (χ0) is 14.3. The minimum Gasteiger partial charge on any atom is -0.427 e. The summed E-state index contributed by atoms with van der Waals surface area (Å²) in [5, 5.41) is 0. The van der Waals surface area contributed by atoms with Gasteiger partial charge in [-0.2, -0.15) is 13.2 Å². The van der Waals surface area contributed by atoms with E-state index in [0.717, 1.165) is 24.0 Å². The Balaban J connectivity index is 2.51. The van der Waals surface area contributed by atoms with E-state index in [1.54, 1.807) is 0 Å². The molecule has 0 saturated heterocycles. The molecule has 0 fully saturated rings. The van der Waals surface area contributed by atoms with Crippen LogP contribution >= 0.6 is 0 Å². The fraction of sp³-hybridized carbons (Fsp3) is 0.417. The summed E-state index contributed by atoms with van der Waals surface area (Å²) in [4.78, 5) is 10.7. The third-order valence-corrected chi connectivity index (χ3v) is 2.73. The van der Waals surface area contributed by atoms with Crippen molar-refractivity contribution in [2.45, 2.75) is 24.8 Å². The van der Waals surface area contributed by atoms with Gasteiger partial charge in [0.15, 0.2) is 0 Å². The van der Waals surface area contributed by atoms with Crippen molar-refractivity contribution in [3.05, 3.63) is 35.4 Å². The molecule has 0 aliphatic carbocycles. The molecule has 1 aromatic carbocycles. The fourth-order valence-corrected chi connectivity index (χ4v) is 1.62. The second-order valence-electron chi connectivity index (χ2n) is 4.17. The number of benzene rings is 1. The number of hydrogen-bond acceptors (Lipinski definition) is 3. The zero-order valence-electron chi connectivity index (χ0n) is 10.3. The molecule has 0 aliphatic heterocycles. The van der Waals surface area contributed by atoms with Gasteiger partial charge in [-0.3, -0.25) is 0 Å². The number of alkyl halides is 3. The molecule has 1 rings (SSSR count). The maximum Gasteiger partial charge on any atom is 0.416 e. The Hall–Kier alpha value is -1.34. The van der Waals surface area contributed by atoms with Gasteiger partial charge in [0.1, 0.15) is 6.29 Å². The quantitative estimate of drug-likeness (QED) is 0.469. The first-order valence-electron chi connectivity index (χ1n) is 5.86. The van der Waals surface area contributed by atoms with Crippen molar-refractivity contribution < 1.29 is 22.6 Å². The van der Waals surface area contributed by atoms with Crippen LogP contribution in [0.25, 0.3) is 0 Å². The number of carbonyl (C=O) groups excluding carboxylic acids is 1. The summed E-state index contributed by atoms with van der Waals surface area (Å²) in [5.41, 5.74) is 5.24. The summed E-state index contributed by atoms with van der Waals surface area (Å²) >= 11 is 0. The Morgan fingerprint density at radius 3 is 2.42 bits per heavy atom. The van der Waals surface area contributed by atoms with Crippen LogP contribution in [0.1, 0.15) is 17.5 Å². The molecule has 2 N–H and O–H groups in total. The topological polar surface area (TPSA) is 52.3 Å². The molecule has 0 saturated carbocycles. The lowest BCUT2D eigenvalue weighted by molar-refractivity contribution is -0.137. The lowest BCUT2D eigenvalue weighted by Gasteiger charge is -2.10. The van der Waals surface area contributed by atoms with Crippen LogP contribution in [0.15, 0.2) is 24.3 Å². The summed E-state index contributed by atoms with van der Waals surface area (Å²) in [7, 11) is 0.237. The Labute approximate surface area is 110 Å². The van der Waals surface area contributed by atoms with Crippen LogP contribution in [0.5, 0.6) is 0 Å². The predicted octanol–water partition coefficient (Wildman–Crippen LogP) is 1.91. The summed E-state index contributed by atoms with van der Waals surface area (Å²) < 4.78 is 42.0.